The molecule has 0 aliphatic carbocycles. The molecule has 0 aliphatic rings. The van der Waals surface area contributed by atoms with E-state index in [1.54, 1.807) is 6.92 Å². The van der Waals surface area contributed by atoms with E-state index in [1.807, 2.05) is 0 Å². The zero-order chi connectivity index (χ0) is 13.8. The van der Waals surface area contributed by atoms with E-state index in [2.05, 4.69) is 9.71 Å². The van der Waals surface area contributed by atoms with E-state index in [0.717, 1.165) is 0 Å². The third-order valence-corrected chi connectivity index (χ3v) is 3.86. The Morgan fingerprint density at radius 1 is 1.56 bits per heavy atom. The number of pyridine rings is 1. The van der Waals surface area contributed by atoms with Crippen molar-refractivity contribution < 1.29 is 13.2 Å². The molecule has 1 amide bonds. The Balaban J connectivity index is 2.96. The summed E-state index contributed by atoms with van der Waals surface area (Å²) in [7, 11) is -3.75. The molecule has 0 fully saturated rings. The van der Waals surface area contributed by atoms with Gasteiger partial charge in [-0.1, -0.05) is 0 Å². The van der Waals surface area contributed by atoms with Gasteiger partial charge in [0.1, 0.15) is 4.90 Å². The summed E-state index contributed by atoms with van der Waals surface area (Å²) in [6.45, 7) is 1.57. The average Bonchev–Trinajstić information content (AvgIpc) is 2.27. The van der Waals surface area contributed by atoms with E-state index in [-0.39, 0.29) is 23.6 Å². The first-order chi connectivity index (χ1) is 8.36. The lowest BCUT2D eigenvalue weighted by atomic mass is 10.2. The summed E-state index contributed by atoms with van der Waals surface area (Å²) in [6, 6.07) is 2.33. The summed E-state index contributed by atoms with van der Waals surface area (Å²) in [6.07, 6.45) is 1.39. The maximum Gasteiger partial charge on any atom is 0.242 e. The number of nitrogens with zero attached hydrogens (tertiary/aromatic N) is 1. The highest BCUT2D eigenvalue weighted by Crippen LogP contribution is 2.13. The summed E-state index contributed by atoms with van der Waals surface area (Å²) in [5, 5.41) is 0. The van der Waals surface area contributed by atoms with Crippen LogP contribution in [0, 0.1) is 0 Å². The first-order valence-corrected chi connectivity index (χ1v) is 6.79. The van der Waals surface area contributed by atoms with Crippen LogP contribution in [0.25, 0.3) is 0 Å². The summed E-state index contributed by atoms with van der Waals surface area (Å²) in [4.78, 5) is 14.6. The van der Waals surface area contributed by atoms with Crippen LogP contribution in [0.15, 0.2) is 23.2 Å². The van der Waals surface area contributed by atoms with Crippen molar-refractivity contribution in [3.63, 3.8) is 0 Å². The highest BCUT2D eigenvalue weighted by molar-refractivity contribution is 7.89. The molecule has 7 nitrogen and oxygen atoms in total. The average molecular weight is 272 g/mol. The molecule has 1 heterocycles. The van der Waals surface area contributed by atoms with Gasteiger partial charge in [0.25, 0.3) is 0 Å². The van der Waals surface area contributed by atoms with Crippen LogP contribution in [-0.4, -0.2) is 25.4 Å². The molecule has 1 rings (SSSR count). The van der Waals surface area contributed by atoms with Gasteiger partial charge >= 0.3 is 0 Å². The molecule has 100 valence electrons. The number of rotatable bonds is 6. The molecule has 1 aromatic rings. The van der Waals surface area contributed by atoms with E-state index in [1.165, 1.54) is 18.3 Å². The van der Waals surface area contributed by atoms with Crippen LogP contribution in [0.4, 0.5) is 0 Å². The van der Waals surface area contributed by atoms with Crippen molar-refractivity contribution in [1.82, 2.24) is 9.71 Å². The minimum absolute atomic E-state index is 0.0152. The fourth-order valence-electron chi connectivity index (χ4n) is 1.49. The smallest absolute Gasteiger partial charge is 0.242 e. The van der Waals surface area contributed by atoms with Gasteiger partial charge in [-0.15, -0.1) is 0 Å². The van der Waals surface area contributed by atoms with Crippen LogP contribution >= 0.6 is 0 Å². The van der Waals surface area contributed by atoms with Crippen LogP contribution in [0.1, 0.15) is 19.0 Å². The van der Waals surface area contributed by atoms with Gasteiger partial charge in [-0.25, -0.2) is 13.1 Å². The van der Waals surface area contributed by atoms with Crippen molar-refractivity contribution in [2.75, 3.05) is 0 Å². The van der Waals surface area contributed by atoms with Crippen molar-refractivity contribution in [2.24, 2.45) is 11.5 Å². The van der Waals surface area contributed by atoms with Gasteiger partial charge in [0.05, 0.1) is 5.69 Å². The quantitative estimate of drug-likeness (QED) is 0.617. The zero-order valence-corrected chi connectivity index (χ0v) is 10.8. The fourth-order valence-corrected chi connectivity index (χ4v) is 2.94. The van der Waals surface area contributed by atoms with Crippen molar-refractivity contribution >= 4 is 15.9 Å². The molecule has 1 atom stereocenters. The predicted octanol–water partition coefficient (Wildman–Crippen LogP) is -0.917. The molecular formula is C10H16N4O3S. The molecule has 5 N–H and O–H groups in total. The van der Waals surface area contributed by atoms with E-state index in [9.17, 15) is 13.2 Å². The monoisotopic (exact) mass is 272 g/mol. The number of amides is 1. The summed E-state index contributed by atoms with van der Waals surface area (Å²) < 4.78 is 26.4. The van der Waals surface area contributed by atoms with E-state index in [0.29, 0.717) is 0 Å². The second-order valence-corrected chi connectivity index (χ2v) is 5.53. The molecule has 0 radical (unpaired) electrons. The number of nitrogens with one attached hydrogen (secondary N) is 1. The number of carbonyl (C=O) groups is 1. The Bertz CT molecular complexity index is 530. The van der Waals surface area contributed by atoms with Crippen molar-refractivity contribution in [1.29, 1.82) is 0 Å². The summed E-state index contributed by atoms with van der Waals surface area (Å²) in [5.74, 6) is -0.574. The molecule has 8 heteroatoms. The van der Waals surface area contributed by atoms with Crippen molar-refractivity contribution in [3.05, 3.63) is 24.0 Å². The normalized spacial score (nSPS) is 13.2. The first kappa shape index (κ1) is 14.6. The number of aromatic nitrogens is 1. The number of hydrogen-bond donors (Lipinski definition) is 3. The van der Waals surface area contributed by atoms with E-state index >= 15 is 0 Å². The lowest BCUT2D eigenvalue weighted by Gasteiger charge is -2.14. The minimum Gasteiger partial charge on any atom is -0.370 e. The standard InChI is InChI=1S/C10H16N4O3S/c1-7(5-10(12)15)14-18(16,17)9-3-2-4-13-8(9)6-11/h2-4,7,14H,5-6,11H2,1H3,(H2,12,15). The number of primary amides is 1. The minimum atomic E-state index is -3.75. The summed E-state index contributed by atoms with van der Waals surface area (Å²) in [5.41, 5.74) is 10.7. The van der Waals surface area contributed by atoms with Crippen molar-refractivity contribution in [2.45, 2.75) is 30.8 Å². The molecule has 0 aromatic carbocycles. The molecule has 1 unspecified atom stereocenters. The number of sulfonamides is 1. The lowest BCUT2D eigenvalue weighted by molar-refractivity contribution is -0.118. The Hall–Kier alpha value is -1.51. The molecule has 0 bridgehead atoms. The largest absolute Gasteiger partial charge is 0.370 e. The van der Waals surface area contributed by atoms with E-state index < -0.39 is 22.0 Å². The fraction of sp³-hybridized carbons (Fsp3) is 0.400. The van der Waals surface area contributed by atoms with Crippen LogP contribution in [0.5, 0.6) is 0 Å². The van der Waals surface area contributed by atoms with Crippen LogP contribution in [-0.2, 0) is 21.4 Å². The van der Waals surface area contributed by atoms with Gasteiger partial charge in [-0.3, -0.25) is 9.78 Å². The number of hydrogen-bond acceptors (Lipinski definition) is 5. The second kappa shape index (κ2) is 5.89. The molecule has 0 saturated heterocycles. The van der Waals surface area contributed by atoms with Gasteiger partial charge < -0.3 is 11.5 Å². The maximum atomic E-state index is 12.0. The van der Waals surface area contributed by atoms with Crippen molar-refractivity contribution in [3.8, 4) is 0 Å². The molecular weight excluding hydrogens is 256 g/mol. The molecule has 18 heavy (non-hydrogen) atoms. The third-order valence-electron chi connectivity index (χ3n) is 2.20. The topological polar surface area (TPSA) is 128 Å². The van der Waals surface area contributed by atoms with Crippen LogP contribution < -0.4 is 16.2 Å². The Morgan fingerprint density at radius 3 is 2.78 bits per heavy atom. The zero-order valence-electron chi connectivity index (χ0n) is 9.96. The van der Waals surface area contributed by atoms with E-state index in [4.69, 9.17) is 11.5 Å². The summed E-state index contributed by atoms with van der Waals surface area (Å²) >= 11 is 0. The molecule has 0 spiro atoms. The van der Waals surface area contributed by atoms with Gasteiger partial charge in [0, 0.05) is 25.2 Å². The Labute approximate surface area is 106 Å². The SMILES string of the molecule is CC(CC(N)=O)NS(=O)(=O)c1cccnc1CN. The number of nitrogens with two attached hydrogens (primary N) is 2. The highest BCUT2D eigenvalue weighted by Gasteiger charge is 2.21. The number of carbonyl (C=O) groups excluding carboxylic acids is 1. The second-order valence-electron chi connectivity index (χ2n) is 3.85. The third kappa shape index (κ3) is 3.76. The Kier molecular flexibility index (Phi) is 4.76. The molecule has 0 aliphatic heterocycles. The first-order valence-electron chi connectivity index (χ1n) is 5.31. The van der Waals surface area contributed by atoms with Gasteiger partial charge in [0.15, 0.2) is 0 Å². The highest BCUT2D eigenvalue weighted by atomic mass is 32.2. The molecule has 0 saturated carbocycles. The van der Waals surface area contributed by atoms with Crippen LogP contribution in [0.3, 0.4) is 0 Å². The Morgan fingerprint density at radius 2 is 2.22 bits per heavy atom. The van der Waals surface area contributed by atoms with Gasteiger partial charge in [0.2, 0.25) is 15.9 Å². The lowest BCUT2D eigenvalue weighted by Crippen LogP contribution is -2.36. The van der Waals surface area contributed by atoms with Gasteiger partial charge in [-0.05, 0) is 19.1 Å². The van der Waals surface area contributed by atoms with Gasteiger partial charge in [-0.2, -0.15) is 0 Å². The molecule has 1 aromatic heterocycles. The van der Waals surface area contributed by atoms with Crippen LogP contribution in [0.2, 0.25) is 0 Å². The maximum absolute atomic E-state index is 12.0. The predicted molar refractivity (Wildman–Crippen MR) is 65.7 cm³/mol.